The number of carbonyl (C=O) groups excluding carboxylic acids is 1. The Hall–Kier alpha value is -3.85. The summed E-state index contributed by atoms with van der Waals surface area (Å²) < 4.78 is 45.7. The molecule has 40 heavy (non-hydrogen) atoms. The van der Waals surface area contributed by atoms with Gasteiger partial charge in [0, 0.05) is 55.2 Å². The van der Waals surface area contributed by atoms with Crippen LogP contribution in [-0.2, 0) is 15.7 Å². The number of nitrogens with one attached hydrogen (secondary N) is 1. The normalized spacial score (nSPS) is 20.0. The van der Waals surface area contributed by atoms with Crippen molar-refractivity contribution in [1.82, 2.24) is 4.90 Å². The van der Waals surface area contributed by atoms with Gasteiger partial charge in [-0.3, -0.25) is 14.9 Å². The Kier molecular flexibility index (Phi) is 9.14. The molecule has 0 unspecified atom stereocenters. The highest BCUT2D eigenvalue weighted by Crippen LogP contribution is 2.34. The topological polar surface area (TPSA) is 112 Å². The Morgan fingerprint density at radius 2 is 1.88 bits per heavy atom. The van der Waals surface area contributed by atoms with Crippen molar-refractivity contribution in [3.05, 3.63) is 63.2 Å². The van der Waals surface area contributed by atoms with Crippen molar-refractivity contribution in [2.24, 2.45) is 0 Å². The zero-order valence-electron chi connectivity index (χ0n) is 22.2. The Labute approximate surface area is 230 Å². The largest absolute Gasteiger partial charge is 0.417 e. The molecule has 2 fully saturated rings. The van der Waals surface area contributed by atoms with E-state index in [-0.39, 0.29) is 30.3 Å². The number of nitrogens with zero attached hydrogens (tertiary/aromatic N) is 4. The first kappa shape index (κ1) is 29.1. The van der Waals surface area contributed by atoms with E-state index in [1.165, 1.54) is 18.2 Å². The second-order valence-corrected chi connectivity index (χ2v) is 10.2. The van der Waals surface area contributed by atoms with Crippen LogP contribution in [0.2, 0.25) is 0 Å². The number of nitriles is 1. The van der Waals surface area contributed by atoms with Crippen molar-refractivity contribution in [2.75, 3.05) is 43.0 Å². The zero-order chi connectivity index (χ0) is 28.9. The van der Waals surface area contributed by atoms with Crippen molar-refractivity contribution in [1.29, 1.82) is 5.26 Å². The lowest BCUT2D eigenvalue weighted by Gasteiger charge is -2.30. The van der Waals surface area contributed by atoms with Crippen molar-refractivity contribution in [2.45, 2.75) is 57.3 Å². The van der Waals surface area contributed by atoms with E-state index in [1.54, 1.807) is 30.0 Å². The smallest absolute Gasteiger partial charge is 0.382 e. The fraction of sp³-hybridized carbons (Fsp3) is 0.500. The van der Waals surface area contributed by atoms with Crippen LogP contribution in [0.4, 0.5) is 30.2 Å². The van der Waals surface area contributed by atoms with Gasteiger partial charge in [0.2, 0.25) is 5.91 Å². The van der Waals surface area contributed by atoms with Gasteiger partial charge in [0.05, 0.1) is 28.2 Å². The first-order valence-electron chi connectivity index (χ1n) is 13.3. The van der Waals surface area contributed by atoms with E-state index in [0.29, 0.717) is 56.6 Å². The van der Waals surface area contributed by atoms with E-state index in [2.05, 4.69) is 10.2 Å². The number of benzene rings is 2. The van der Waals surface area contributed by atoms with Gasteiger partial charge in [-0.05, 0) is 69.4 Å². The molecular weight excluding hydrogens is 527 g/mol. The monoisotopic (exact) mass is 559 g/mol. The van der Waals surface area contributed by atoms with Crippen molar-refractivity contribution >= 4 is 23.0 Å². The number of alkyl halides is 3. The molecule has 0 spiro atoms. The van der Waals surface area contributed by atoms with Gasteiger partial charge in [-0.1, -0.05) is 0 Å². The Morgan fingerprint density at radius 3 is 2.52 bits per heavy atom. The minimum absolute atomic E-state index is 0.0238. The molecule has 1 heterocycles. The van der Waals surface area contributed by atoms with Crippen molar-refractivity contribution < 1.29 is 27.6 Å². The number of hydrogen-bond acceptors (Lipinski definition) is 7. The molecule has 214 valence electrons. The lowest BCUT2D eigenvalue weighted by atomic mass is 9.92. The number of ether oxygens (including phenoxy) is 1. The maximum Gasteiger partial charge on any atom is 0.417 e. The molecule has 1 saturated heterocycles. The van der Waals surface area contributed by atoms with E-state index >= 15 is 0 Å². The molecule has 1 N–H and O–H groups in total. The molecule has 1 amide bonds. The predicted octanol–water partition coefficient (Wildman–Crippen LogP) is 5.27. The molecule has 12 heteroatoms. The molecule has 0 bridgehead atoms. The van der Waals surface area contributed by atoms with E-state index < -0.39 is 22.2 Å². The highest BCUT2D eigenvalue weighted by molar-refractivity contribution is 5.77. The third-order valence-corrected chi connectivity index (χ3v) is 7.52. The summed E-state index contributed by atoms with van der Waals surface area (Å²) in [4.78, 5) is 27.5. The van der Waals surface area contributed by atoms with E-state index in [9.17, 15) is 28.1 Å². The van der Waals surface area contributed by atoms with Gasteiger partial charge < -0.3 is 19.9 Å². The van der Waals surface area contributed by atoms with Crippen molar-refractivity contribution in [3.63, 3.8) is 0 Å². The first-order chi connectivity index (χ1) is 19.0. The second-order valence-electron chi connectivity index (χ2n) is 10.2. The summed E-state index contributed by atoms with van der Waals surface area (Å²) >= 11 is 0. The lowest BCUT2D eigenvalue weighted by molar-refractivity contribution is -0.385. The third-order valence-electron chi connectivity index (χ3n) is 7.52. The first-order valence-corrected chi connectivity index (χ1v) is 13.3. The van der Waals surface area contributed by atoms with Gasteiger partial charge in [0.25, 0.3) is 5.69 Å². The summed E-state index contributed by atoms with van der Waals surface area (Å²) in [7, 11) is 0. The van der Waals surface area contributed by atoms with Crippen LogP contribution in [-0.4, -0.2) is 60.7 Å². The molecule has 0 aromatic heterocycles. The molecule has 2 aromatic rings. The van der Waals surface area contributed by atoms with Crippen LogP contribution in [0, 0.1) is 28.4 Å². The average Bonchev–Trinajstić information content (AvgIpc) is 3.18. The van der Waals surface area contributed by atoms with Gasteiger partial charge in [0.1, 0.15) is 6.61 Å². The van der Waals surface area contributed by atoms with Gasteiger partial charge in [-0.15, -0.1) is 0 Å². The maximum absolute atomic E-state index is 13.3. The highest BCUT2D eigenvalue weighted by atomic mass is 19.4. The summed E-state index contributed by atoms with van der Waals surface area (Å²) in [6.07, 6.45) is -1.19. The average molecular weight is 560 g/mol. The van der Waals surface area contributed by atoms with Crippen LogP contribution in [0.15, 0.2) is 36.4 Å². The number of carbonyl (C=O) groups is 1. The summed E-state index contributed by atoms with van der Waals surface area (Å²) in [6, 6.07) is 10.3. The summed E-state index contributed by atoms with van der Waals surface area (Å²) in [5, 5.41) is 23.2. The molecule has 0 atom stereocenters. The van der Waals surface area contributed by atoms with Crippen molar-refractivity contribution in [3.8, 4) is 6.07 Å². The Balaban J connectivity index is 1.22. The fourth-order valence-electron chi connectivity index (χ4n) is 5.32. The predicted molar refractivity (Wildman–Crippen MR) is 143 cm³/mol. The van der Waals surface area contributed by atoms with Crippen LogP contribution < -0.4 is 10.2 Å². The molecule has 0 radical (unpaired) electrons. The van der Waals surface area contributed by atoms with Gasteiger partial charge in [0.15, 0.2) is 0 Å². The van der Waals surface area contributed by atoms with Crippen LogP contribution in [0.1, 0.15) is 48.8 Å². The lowest BCUT2D eigenvalue weighted by Crippen LogP contribution is -2.39. The number of anilines is 2. The van der Waals surface area contributed by atoms with Crippen LogP contribution in [0.25, 0.3) is 0 Å². The SMILES string of the molecule is Cc1cc(N2CCCN(C(=O)COC3CCC(Nc4ccc(C#N)c(C(F)(F)F)c4)CC3)CC2)ccc1[N+](=O)[O-]. The minimum atomic E-state index is -4.60. The summed E-state index contributed by atoms with van der Waals surface area (Å²) in [6.45, 7) is 4.18. The van der Waals surface area contributed by atoms with Crippen LogP contribution in [0.5, 0.6) is 0 Å². The molecule has 2 aromatic carbocycles. The number of aryl methyl sites for hydroxylation is 1. The van der Waals surface area contributed by atoms with E-state index in [4.69, 9.17) is 10.00 Å². The molecule has 1 aliphatic heterocycles. The molecule has 1 saturated carbocycles. The van der Waals surface area contributed by atoms with Crippen LogP contribution in [0.3, 0.4) is 0 Å². The Bertz CT molecular complexity index is 1270. The van der Waals surface area contributed by atoms with Gasteiger partial charge in [-0.25, -0.2) is 0 Å². The second kappa shape index (κ2) is 12.6. The molecule has 9 nitrogen and oxygen atoms in total. The molecule has 4 rings (SSSR count). The van der Waals surface area contributed by atoms with Gasteiger partial charge in [-0.2, -0.15) is 18.4 Å². The minimum Gasteiger partial charge on any atom is -0.382 e. The number of amides is 1. The molecule has 1 aliphatic carbocycles. The number of nitro groups is 1. The van der Waals surface area contributed by atoms with Crippen LogP contribution >= 0.6 is 0 Å². The number of nitro benzene ring substituents is 1. The quantitative estimate of drug-likeness (QED) is 0.363. The maximum atomic E-state index is 13.3. The number of halogens is 3. The van der Waals surface area contributed by atoms with Gasteiger partial charge >= 0.3 is 6.18 Å². The van der Waals surface area contributed by atoms with E-state index in [0.717, 1.165) is 24.7 Å². The number of rotatable bonds is 7. The third kappa shape index (κ3) is 7.21. The highest BCUT2D eigenvalue weighted by Gasteiger charge is 2.34. The Morgan fingerprint density at radius 1 is 1.12 bits per heavy atom. The molecular formula is C28H32F3N5O4. The number of hydrogen-bond donors (Lipinski definition) is 1. The zero-order valence-corrected chi connectivity index (χ0v) is 22.2. The summed E-state index contributed by atoms with van der Waals surface area (Å²) in [5.74, 6) is -0.0840. The van der Waals surface area contributed by atoms with E-state index in [1.807, 2.05) is 0 Å². The summed E-state index contributed by atoms with van der Waals surface area (Å²) in [5.41, 5.74) is 0.552. The fourth-order valence-corrected chi connectivity index (χ4v) is 5.32. The molecule has 2 aliphatic rings. The standard InChI is InChI=1S/C28H32F3N5O4/c1-19-15-23(7-10-26(19)36(38)39)34-11-2-12-35(14-13-34)27(37)18-40-24-8-5-21(6-9-24)33-22-4-3-20(17-32)25(16-22)28(29,30)31/h3-4,7,10,15-16,21,24,33H,2,5-6,8-9,11-14,18H2,1H3.